The topological polar surface area (TPSA) is 132 Å². The largest absolute Gasteiger partial charge is 0.494 e. The highest BCUT2D eigenvalue weighted by Crippen LogP contribution is 2.34. The Kier molecular flexibility index (Phi) is 8.09. The number of hydrogen-bond acceptors (Lipinski definition) is 7. The first-order valence-electron chi connectivity index (χ1n) is 12.1. The number of anilines is 1. The number of carbonyl (C=O) groups is 1. The predicted octanol–water partition coefficient (Wildman–Crippen LogP) is 4.47. The molecule has 0 aliphatic rings. The van der Waals surface area contributed by atoms with E-state index >= 15 is 0 Å². The maximum Gasteiger partial charge on any atom is 0.322 e. The van der Waals surface area contributed by atoms with Crippen LogP contribution in [0.5, 0.6) is 5.75 Å². The Labute approximate surface area is 222 Å². The number of sulfone groups is 1. The summed E-state index contributed by atoms with van der Waals surface area (Å²) >= 11 is 0. The number of carboxylic acids is 1. The molecule has 4 rings (SSSR count). The predicted molar refractivity (Wildman–Crippen MR) is 147 cm³/mol. The second kappa shape index (κ2) is 11.5. The van der Waals surface area contributed by atoms with Crippen molar-refractivity contribution >= 4 is 21.6 Å². The van der Waals surface area contributed by atoms with E-state index in [0.717, 1.165) is 16.9 Å². The Bertz CT molecular complexity index is 1510. The zero-order valence-corrected chi connectivity index (χ0v) is 21.7. The number of benzene rings is 3. The van der Waals surface area contributed by atoms with Gasteiger partial charge in [0.1, 0.15) is 18.1 Å². The number of hydrogen-bond donors (Lipinski definition) is 3. The summed E-state index contributed by atoms with van der Waals surface area (Å²) in [6.07, 6.45) is -0.0567. The van der Waals surface area contributed by atoms with E-state index in [-0.39, 0.29) is 29.4 Å². The lowest BCUT2D eigenvalue weighted by Crippen LogP contribution is -2.47. The summed E-state index contributed by atoms with van der Waals surface area (Å²) < 4.78 is 33.5. The fourth-order valence-corrected chi connectivity index (χ4v) is 5.80. The van der Waals surface area contributed by atoms with Crippen molar-refractivity contribution in [3.8, 4) is 16.9 Å². The fourth-order valence-electron chi connectivity index (χ4n) is 4.12. The molecule has 0 aliphatic carbocycles. The quantitative estimate of drug-likeness (QED) is 0.258. The molecule has 3 aromatic carbocycles. The Morgan fingerprint density at radius 3 is 2.34 bits per heavy atom. The molecule has 0 saturated carbocycles. The summed E-state index contributed by atoms with van der Waals surface area (Å²) in [4.78, 5) is 13.6. The molecule has 0 radical (unpaired) electrons. The number of aromatic nitrogens is 1. The van der Waals surface area contributed by atoms with Gasteiger partial charge >= 0.3 is 5.97 Å². The van der Waals surface area contributed by atoms with Crippen LogP contribution in [-0.4, -0.2) is 37.6 Å². The molecular formula is C29H29N3O5S. The van der Waals surface area contributed by atoms with Crippen molar-refractivity contribution in [2.45, 2.75) is 23.1 Å². The number of nitrogens with two attached hydrogens (primary N) is 1. The molecule has 4 aromatic rings. The average molecular weight is 532 g/mol. The summed E-state index contributed by atoms with van der Waals surface area (Å²) in [6, 6.07) is 27.9. The third-order valence-corrected chi connectivity index (χ3v) is 8.24. The van der Waals surface area contributed by atoms with E-state index in [9.17, 15) is 13.2 Å². The minimum atomic E-state index is -4.12. The summed E-state index contributed by atoms with van der Waals surface area (Å²) in [6.45, 7) is 2.13. The lowest BCUT2D eigenvalue weighted by Gasteiger charge is -2.29. The van der Waals surface area contributed by atoms with Crippen LogP contribution in [0.2, 0.25) is 0 Å². The Balaban J connectivity index is 1.72. The van der Waals surface area contributed by atoms with Crippen LogP contribution in [0.15, 0.2) is 102 Å². The van der Waals surface area contributed by atoms with E-state index in [0.29, 0.717) is 12.2 Å². The standard InChI is InChI=1S/C29H29N3O5S/c1-2-37-24-9-6-8-23(18-24)22-16-14-21(15-17-22)19-29(30,38(35,36)25-10-4-3-5-11-25)26-12-7-13-27(32-26)31-20-28(33)34/h3-18H,2,19-20,30H2,1H3,(H,31,32)(H,33,34). The molecule has 4 N–H and O–H groups in total. The SMILES string of the molecule is CCOc1cccc(-c2ccc(CC(N)(c3cccc(NCC(=O)O)n3)S(=O)(=O)c3ccccc3)cc2)c1. The fraction of sp³-hybridized carbons (Fsp3) is 0.172. The Morgan fingerprint density at radius 1 is 0.947 bits per heavy atom. The molecule has 38 heavy (non-hydrogen) atoms. The van der Waals surface area contributed by atoms with Crippen LogP contribution in [-0.2, 0) is 25.9 Å². The zero-order valence-electron chi connectivity index (χ0n) is 20.9. The second-order valence-electron chi connectivity index (χ2n) is 8.70. The van der Waals surface area contributed by atoms with Gasteiger partial charge in [-0.3, -0.25) is 4.79 Å². The summed E-state index contributed by atoms with van der Waals surface area (Å²) in [5, 5.41) is 11.7. The number of nitrogens with one attached hydrogen (secondary N) is 1. The van der Waals surface area contributed by atoms with Crippen LogP contribution in [0, 0.1) is 0 Å². The molecule has 0 fully saturated rings. The first kappa shape index (κ1) is 26.8. The first-order chi connectivity index (χ1) is 18.2. The zero-order chi connectivity index (χ0) is 27.2. The number of ether oxygens (including phenoxy) is 1. The van der Waals surface area contributed by atoms with E-state index in [1.807, 2.05) is 55.5 Å². The van der Waals surface area contributed by atoms with Gasteiger partial charge in [0.2, 0.25) is 9.84 Å². The maximum atomic E-state index is 13.9. The van der Waals surface area contributed by atoms with E-state index in [4.69, 9.17) is 15.6 Å². The molecule has 1 aromatic heterocycles. The molecule has 0 bridgehead atoms. The molecule has 0 saturated heterocycles. The van der Waals surface area contributed by atoms with Gasteiger partial charge in [-0.05, 0) is 60.0 Å². The van der Waals surface area contributed by atoms with Crippen LogP contribution >= 0.6 is 0 Å². The summed E-state index contributed by atoms with van der Waals surface area (Å²) in [7, 11) is -4.12. The van der Waals surface area contributed by atoms with Gasteiger partial charge in [0.15, 0.2) is 4.87 Å². The molecule has 0 spiro atoms. The maximum absolute atomic E-state index is 13.9. The van der Waals surface area contributed by atoms with E-state index in [2.05, 4.69) is 10.3 Å². The first-order valence-corrected chi connectivity index (χ1v) is 13.5. The number of nitrogens with zero attached hydrogens (tertiary/aromatic N) is 1. The smallest absolute Gasteiger partial charge is 0.322 e. The second-order valence-corrected chi connectivity index (χ2v) is 10.9. The lowest BCUT2D eigenvalue weighted by atomic mass is 9.99. The minimum absolute atomic E-state index is 0.0567. The van der Waals surface area contributed by atoms with Gasteiger partial charge in [-0.25, -0.2) is 13.4 Å². The van der Waals surface area contributed by atoms with Crippen LogP contribution in [0.3, 0.4) is 0 Å². The highest BCUT2D eigenvalue weighted by Gasteiger charge is 2.44. The average Bonchev–Trinajstić information content (AvgIpc) is 2.93. The minimum Gasteiger partial charge on any atom is -0.494 e. The van der Waals surface area contributed by atoms with E-state index in [1.165, 1.54) is 12.1 Å². The Morgan fingerprint density at radius 2 is 1.66 bits per heavy atom. The van der Waals surface area contributed by atoms with Crippen LogP contribution in [0.4, 0.5) is 5.82 Å². The highest BCUT2D eigenvalue weighted by atomic mass is 32.2. The van der Waals surface area contributed by atoms with Crippen LogP contribution < -0.4 is 15.8 Å². The van der Waals surface area contributed by atoms with Gasteiger partial charge in [0.25, 0.3) is 0 Å². The molecule has 1 atom stereocenters. The molecular weight excluding hydrogens is 502 g/mol. The van der Waals surface area contributed by atoms with Crippen molar-refractivity contribution in [2.24, 2.45) is 5.73 Å². The normalized spacial score (nSPS) is 12.9. The van der Waals surface area contributed by atoms with Gasteiger partial charge in [-0.15, -0.1) is 0 Å². The third kappa shape index (κ3) is 5.85. The van der Waals surface area contributed by atoms with Crippen molar-refractivity contribution in [2.75, 3.05) is 18.5 Å². The van der Waals surface area contributed by atoms with Crippen molar-refractivity contribution in [1.29, 1.82) is 0 Å². The highest BCUT2D eigenvalue weighted by molar-refractivity contribution is 7.92. The van der Waals surface area contributed by atoms with Gasteiger partial charge in [0, 0.05) is 6.42 Å². The third-order valence-electron chi connectivity index (χ3n) is 6.04. The van der Waals surface area contributed by atoms with Gasteiger partial charge in [0.05, 0.1) is 17.2 Å². The summed E-state index contributed by atoms with van der Waals surface area (Å²) in [5.74, 6) is -0.0843. The molecule has 9 heteroatoms. The molecule has 1 heterocycles. The van der Waals surface area contributed by atoms with Gasteiger partial charge < -0.3 is 20.9 Å². The molecule has 196 valence electrons. The number of aliphatic carboxylic acids is 1. The van der Waals surface area contributed by atoms with Crippen molar-refractivity contribution in [3.05, 3.63) is 108 Å². The lowest BCUT2D eigenvalue weighted by molar-refractivity contribution is -0.134. The van der Waals surface area contributed by atoms with Crippen molar-refractivity contribution in [3.63, 3.8) is 0 Å². The molecule has 0 aliphatic heterocycles. The van der Waals surface area contributed by atoms with Crippen LogP contribution in [0.25, 0.3) is 11.1 Å². The number of pyridine rings is 1. The van der Waals surface area contributed by atoms with Crippen molar-refractivity contribution < 1.29 is 23.1 Å². The number of carboxylic acid groups (broad SMARTS) is 1. The van der Waals surface area contributed by atoms with Crippen LogP contribution in [0.1, 0.15) is 18.2 Å². The molecule has 1 unspecified atom stereocenters. The van der Waals surface area contributed by atoms with Gasteiger partial charge in [-0.1, -0.05) is 60.7 Å². The number of rotatable bonds is 11. The Hall–Kier alpha value is -4.21. The summed E-state index contributed by atoms with van der Waals surface area (Å²) in [5.41, 5.74) is 9.49. The van der Waals surface area contributed by atoms with Gasteiger partial charge in [-0.2, -0.15) is 0 Å². The molecule has 8 nitrogen and oxygen atoms in total. The van der Waals surface area contributed by atoms with Crippen molar-refractivity contribution in [1.82, 2.24) is 4.98 Å². The van der Waals surface area contributed by atoms with E-state index in [1.54, 1.807) is 36.4 Å². The molecule has 0 amide bonds. The monoisotopic (exact) mass is 531 g/mol. The van der Waals surface area contributed by atoms with E-state index < -0.39 is 20.7 Å².